The lowest BCUT2D eigenvalue weighted by Crippen LogP contribution is -2.43. The van der Waals surface area contributed by atoms with E-state index in [0.717, 1.165) is 31.2 Å². The molecule has 1 aromatic carbocycles. The van der Waals surface area contributed by atoms with Crippen LogP contribution in [0, 0.1) is 6.92 Å². The van der Waals surface area contributed by atoms with Crippen LogP contribution < -0.4 is 9.46 Å². The Balaban J connectivity index is 1.99. The number of carbonyl (C=O) groups is 1. The molecule has 146 valence electrons. The number of nitrogens with one attached hydrogen (secondary N) is 1. The Morgan fingerprint density at radius 3 is 2.42 bits per heavy atom. The highest BCUT2D eigenvalue weighted by molar-refractivity contribution is 7.89. The average Bonchev–Trinajstić information content (AvgIpc) is 2.87. The van der Waals surface area contributed by atoms with E-state index in [0.29, 0.717) is 12.3 Å². The molecule has 0 unspecified atom stereocenters. The van der Waals surface area contributed by atoms with Crippen LogP contribution in [0.5, 0.6) is 5.75 Å². The minimum absolute atomic E-state index is 0.0105. The van der Waals surface area contributed by atoms with Gasteiger partial charge >= 0.3 is 0 Å². The molecular formula is C19H30N2O4S. The number of amides is 1. The van der Waals surface area contributed by atoms with Gasteiger partial charge in [0, 0.05) is 26.1 Å². The minimum atomic E-state index is -3.61. The molecule has 0 atom stereocenters. The van der Waals surface area contributed by atoms with Crippen molar-refractivity contribution in [1.82, 2.24) is 9.62 Å². The van der Waals surface area contributed by atoms with Crippen LogP contribution >= 0.6 is 0 Å². The molecule has 0 radical (unpaired) electrons. The van der Waals surface area contributed by atoms with Gasteiger partial charge in [0.1, 0.15) is 5.75 Å². The fourth-order valence-corrected chi connectivity index (χ4v) is 4.67. The zero-order valence-electron chi connectivity index (χ0n) is 16.0. The number of sulfonamides is 1. The third-order valence-corrected chi connectivity index (χ3v) is 6.45. The summed E-state index contributed by atoms with van der Waals surface area (Å²) in [6.07, 6.45) is 6.70. The normalized spacial score (nSPS) is 16.1. The van der Waals surface area contributed by atoms with Crippen molar-refractivity contribution in [2.45, 2.75) is 63.3 Å². The molecule has 1 aliphatic carbocycles. The molecule has 0 aliphatic heterocycles. The summed E-state index contributed by atoms with van der Waals surface area (Å²) >= 11 is 0. The van der Waals surface area contributed by atoms with Gasteiger partial charge in [-0.2, -0.15) is 0 Å². The molecule has 6 nitrogen and oxygen atoms in total. The van der Waals surface area contributed by atoms with Gasteiger partial charge in [-0.15, -0.1) is 0 Å². The molecule has 1 N–H and O–H groups in total. The van der Waals surface area contributed by atoms with Crippen molar-refractivity contribution in [2.24, 2.45) is 0 Å². The zero-order chi connectivity index (χ0) is 19.2. The topological polar surface area (TPSA) is 75.7 Å². The Labute approximate surface area is 157 Å². The Kier molecular flexibility index (Phi) is 7.46. The van der Waals surface area contributed by atoms with E-state index in [9.17, 15) is 13.2 Å². The van der Waals surface area contributed by atoms with Crippen molar-refractivity contribution in [3.8, 4) is 5.75 Å². The summed E-state index contributed by atoms with van der Waals surface area (Å²) in [5.74, 6) is 0.663. The fraction of sp³-hybridized carbons (Fsp3) is 0.632. The first-order chi connectivity index (χ1) is 12.3. The van der Waals surface area contributed by atoms with Gasteiger partial charge < -0.3 is 9.64 Å². The van der Waals surface area contributed by atoms with Crippen LogP contribution in [0.3, 0.4) is 0 Å². The molecule has 1 aromatic rings. The highest BCUT2D eigenvalue weighted by Crippen LogP contribution is 2.23. The molecule has 26 heavy (non-hydrogen) atoms. The summed E-state index contributed by atoms with van der Waals surface area (Å²) in [6.45, 7) is 3.98. The van der Waals surface area contributed by atoms with Crippen LogP contribution in [0.2, 0.25) is 0 Å². The van der Waals surface area contributed by atoms with Crippen LogP contribution in [0.15, 0.2) is 23.1 Å². The SMILES string of the molecule is COc1ccc(S(=O)(=O)NCCN(C(C)=O)C2CCCCCC2)cc1C. The lowest BCUT2D eigenvalue weighted by Gasteiger charge is -2.30. The van der Waals surface area contributed by atoms with Crippen LogP contribution in [-0.2, 0) is 14.8 Å². The van der Waals surface area contributed by atoms with Crippen molar-refractivity contribution in [3.05, 3.63) is 23.8 Å². The number of hydrogen-bond acceptors (Lipinski definition) is 4. The van der Waals surface area contributed by atoms with Gasteiger partial charge in [-0.25, -0.2) is 13.1 Å². The molecule has 0 saturated heterocycles. The summed E-state index contributed by atoms with van der Waals surface area (Å²) < 4.78 is 32.8. The largest absolute Gasteiger partial charge is 0.496 e. The molecule has 0 aromatic heterocycles. The molecule has 1 fully saturated rings. The number of nitrogens with zero attached hydrogens (tertiary/aromatic N) is 1. The van der Waals surface area contributed by atoms with Crippen LogP contribution in [0.25, 0.3) is 0 Å². The second kappa shape index (κ2) is 9.37. The van der Waals surface area contributed by atoms with E-state index < -0.39 is 10.0 Å². The van der Waals surface area contributed by atoms with Crippen molar-refractivity contribution in [2.75, 3.05) is 20.2 Å². The molecule has 0 bridgehead atoms. The second-order valence-electron chi connectivity index (χ2n) is 6.89. The summed E-state index contributed by atoms with van der Waals surface area (Å²) in [4.78, 5) is 14.1. The first kappa shape index (κ1) is 20.7. The van der Waals surface area contributed by atoms with Crippen molar-refractivity contribution in [3.63, 3.8) is 0 Å². The number of aryl methyl sites for hydroxylation is 1. The summed E-state index contributed by atoms with van der Waals surface area (Å²) in [5.41, 5.74) is 0.763. The Morgan fingerprint density at radius 2 is 1.88 bits per heavy atom. The van der Waals surface area contributed by atoms with Crippen molar-refractivity contribution < 1.29 is 17.9 Å². The van der Waals surface area contributed by atoms with E-state index in [-0.39, 0.29) is 23.4 Å². The van der Waals surface area contributed by atoms with E-state index in [1.165, 1.54) is 18.9 Å². The zero-order valence-corrected chi connectivity index (χ0v) is 16.8. The van der Waals surface area contributed by atoms with Gasteiger partial charge in [-0.3, -0.25) is 4.79 Å². The number of ether oxygens (including phenoxy) is 1. The predicted octanol–water partition coefficient (Wildman–Crippen LogP) is 2.85. The number of rotatable bonds is 7. The minimum Gasteiger partial charge on any atom is -0.496 e. The summed E-state index contributed by atoms with van der Waals surface area (Å²) in [7, 11) is -2.06. The fourth-order valence-electron chi connectivity index (χ4n) is 3.57. The lowest BCUT2D eigenvalue weighted by molar-refractivity contribution is -0.131. The Bertz CT molecular complexity index is 710. The predicted molar refractivity (Wildman–Crippen MR) is 102 cm³/mol. The monoisotopic (exact) mass is 382 g/mol. The molecule has 1 amide bonds. The lowest BCUT2D eigenvalue weighted by atomic mass is 10.1. The molecule has 0 spiro atoms. The van der Waals surface area contributed by atoms with E-state index >= 15 is 0 Å². The first-order valence-electron chi connectivity index (χ1n) is 9.26. The van der Waals surface area contributed by atoms with E-state index in [1.807, 2.05) is 4.90 Å². The maximum absolute atomic E-state index is 12.5. The van der Waals surface area contributed by atoms with Crippen LogP contribution in [0.4, 0.5) is 0 Å². The van der Waals surface area contributed by atoms with Gasteiger partial charge in [-0.1, -0.05) is 25.7 Å². The van der Waals surface area contributed by atoms with Crippen LogP contribution in [-0.4, -0.2) is 45.5 Å². The van der Waals surface area contributed by atoms with Crippen molar-refractivity contribution >= 4 is 15.9 Å². The van der Waals surface area contributed by atoms with Gasteiger partial charge in [0.15, 0.2) is 0 Å². The Morgan fingerprint density at radius 1 is 1.23 bits per heavy atom. The highest BCUT2D eigenvalue weighted by Gasteiger charge is 2.23. The third kappa shape index (κ3) is 5.45. The van der Waals surface area contributed by atoms with Crippen LogP contribution in [0.1, 0.15) is 51.0 Å². The third-order valence-electron chi connectivity index (χ3n) is 4.99. The van der Waals surface area contributed by atoms with Gasteiger partial charge in [0.25, 0.3) is 0 Å². The maximum atomic E-state index is 12.5. The number of hydrogen-bond donors (Lipinski definition) is 1. The summed E-state index contributed by atoms with van der Waals surface area (Å²) in [6, 6.07) is 5.00. The maximum Gasteiger partial charge on any atom is 0.240 e. The van der Waals surface area contributed by atoms with Gasteiger partial charge in [0.2, 0.25) is 15.9 Å². The quantitative estimate of drug-likeness (QED) is 0.736. The number of benzene rings is 1. The number of methoxy groups -OCH3 is 1. The smallest absolute Gasteiger partial charge is 0.240 e. The van der Waals surface area contributed by atoms with Crippen molar-refractivity contribution in [1.29, 1.82) is 0 Å². The summed E-state index contributed by atoms with van der Waals surface area (Å²) in [5, 5.41) is 0. The van der Waals surface area contributed by atoms with E-state index in [4.69, 9.17) is 4.74 Å². The second-order valence-corrected chi connectivity index (χ2v) is 8.65. The first-order valence-corrected chi connectivity index (χ1v) is 10.7. The number of carbonyl (C=O) groups excluding carboxylic acids is 1. The average molecular weight is 383 g/mol. The molecule has 7 heteroatoms. The van der Waals surface area contributed by atoms with Gasteiger partial charge in [-0.05, 0) is 43.5 Å². The van der Waals surface area contributed by atoms with Gasteiger partial charge in [0.05, 0.1) is 12.0 Å². The molecular weight excluding hydrogens is 352 g/mol. The highest BCUT2D eigenvalue weighted by atomic mass is 32.2. The van der Waals surface area contributed by atoms with E-state index in [1.54, 1.807) is 33.1 Å². The Hall–Kier alpha value is -1.60. The molecule has 2 rings (SSSR count). The molecule has 0 heterocycles. The standard InChI is InChI=1S/C19H30N2O4S/c1-15-14-18(10-11-19(15)25-3)26(23,24)20-12-13-21(16(2)22)17-8-6-4-5-7-9-17/h10-11,14,17,20H,4-9,12-13H2,1-3H3. The molecule has 1 saturated carbocycles. The molecule has 1 aliphatic rings. The van der Waals surface area contributed by atoms with E-state index in [2.05, 4.69) is 4.72 Å².